The van der Waals surface area contributed by atoms with Crippen LogP contribution < -0.4 is 5.73 Å². The molecular weight excluding hydrogens is 312 g/mol. The summed E-state index contributed by atoms with van der Waals surface area (Å²) in [6, 6.07) is 5.10. The van der Waals surface area contributed by atoms with Gasteiger partial charge in [0.2, 0.25) is 5.82 Å². The fraction of sp³-hybridized carbons (Fsp3) is 0.0833. The summed E-state index contributed by atoms with van der Waals surface area (Å²) >= 11 is 3.35. The van der Waals surface area contributed by atoms with E-state index in [4.69, 9.17) is 11.0 Å². The summed E-state index contributed by atoms with van der Waals surface area (Å²) in [5, 5.41) is 8.97. The summed E-state index contributed by atoms with van der Waals surface area (Å²) in [5.41, 5.74) is 6.88. The summed E-state index contributed by atoms with van der Waals surface area (Å²) in [5.74, 6) is -0.328. The maximum atomic E-state index is 11.6. The van der Waals surface area contributed by atoms with Gasteiger partial charge in [0.1, 0.15) is 6.07 Å². The highest BCUT2D eigenvalue weighted by molar-refractivity contribution is 9.10. The largest absolute Gasteiger partial charge is 0.465 e. The van der Waals surface area contributed by atoms with Crippen molar-refractivity contribution in [3.05, 3.63) is 40.4 Å². The molecule has 0 aliphatic carbocycles. The van der Waals surface area contributed by atoms with Crippen molar-refractivity contribution in [2.24, 2.45) is 0 Å². The van der Waals surface area contributed by atoms with Crippen LogP contribution in [0.3, 0.4) is 0 Å². The summed E-state index contributed by atoms with van der Waals surface area (Å²) in [7, 11) is 1.28. The molecule has 0 unspecified atom stereocenters. The van der Waals surface area contributed by atoms with E-state index in [1.54, 1.807) is 22.9 Å². The van der Waals surface area contributed by atoms with Gasteiger partial charge in [-0.25, -0.2) is 9.78 Å². The number of methoxy groups -OCH3 is 1. The van der Waals surface area contributed by atoms with Crippen LogP contribution in [0.25, 0.3) is 5.69 Å². The SMILES string of the molecule is COC(=O)c1cc(-n2ccnc2C#N)c(Br)cc1N. The third-order valence-electron chi connectivity index (χ3n) is 2.52. The average Bonchev–Trinajstić information content (AvgIpc) is 2.86. The van der Waals surface area contributed by atoms with E-state index >= 15 is 0 Å². The van der Waals surface area contributed by atoms with Crippen molar-refractivity contribution in [3.8, 4) is 11.8 Å². The van der Waals surface area contributed by atoms with Gasteiger partial charge in [0.05, 0.1) is 18.4 Å². The smallest absolute Gasteiger partial charge is 0.340 e. The number of halogens is 1. The third kappa shape index (κ3) is 2.30. The molecule has 0 aliphatic rings. The molecule has 0 aliphatic heterocycles. The normalized spacial score (nSPS) is 9.95. The molecule has 1 aromatic carbocycles. The molecule has 0 amide bonds. The van der Waals surface area contributed by atoms with E-state index in [9.17, 15) is 4.79 Å². The van der Waals surface area contributed by atoms with Gasteiger partial charge in [-0.05, 0) is 28.1 Å². The number of ether oxygens (including phenoxy) is 1. The second-order valence-electron chi connectivity index (χ2n) is 3.62. The Kier molecular flexibility index (Phi) is 3.53. The lowest BCUT2D eigenvalue weighted by atomic mass is 10.1. The highest BCUT2D eigenvalue weighted by Crippen LogP contribution is 2.28. The number of nitrogen functional groups attached to an aromatic ring is 1. The molecule has 1 heterocycles. The molecule has 0 atom stereocenters. The number of nitrogens with zero attached hydrogens (tertiary/aromatic N) is 3. The van der Waals surface area contributed by atoms with Crippen molar-refractivity contribution in [2.75, 3.05) is 12.8 Å². The van der Waals surface area contributed by atoms with E-state index in [2.05, 4.69) is 25.7 Å². The average molecular weight is 321 g/mol. The predicted molar refractivity (Wildman–Crippen MR) is 71.7 cm³/mol. The molecular formula is C12H9BrN4O2. The Morgan fingerprint density at radius 2 is 2.32 bits per heavy atom. The van der Waals surface area contributed by atoms with Crippen LogP contribution in [-0.4, -0.2) is 22.6 Å². The minimum Gasteiger partial charge on any atom is -0.465 e. The number of hydrogen-bond acceptors (Lipinski definition) is 5. The molecule has 0 saturated carbocycles. The first-order valence-corrected chi connectivity index (χ1v) is 5.99. The van der Waals surface area contributed by atoms with Crippen molar-refractivity contribution >= 4 is 27.6 Å². The highest BCUT2D eigenvalue weighted by atomic mass is 79.9. The van der Waals surface area contributed by atoms with Crippen LogP contribution in [0.15, 0.2) is 29.0 Å². The van der Waals surface area contributed by atoms with Crippen LogP contribution >= 0.6 is 15.9 Å². The van der Waals surface area contributed by atoms with E-state index < -0.39 is 5.97 Å². The van der Waals surface area contributed by atoms with E-state index in [0.717, 1.165) is 0 Å². The monoisotopic (exact) mass is 320 g/mol. The Morgan fingerprint density at radius 3 is 2.95 bits per heavy atom. The summed E-state index contributed by atoms with van der Waals surface area (Å²) in [6.45, 7) is 0. The van der Waals surface area contributed by atoms with Crippen molar-refractivity contribution in [1.29, 1.82) is 5.26 Å². The Labute approximate surface area is 117 Å². The Hall–Kier alpha value is -2.33. The number of nitriles is 1. The minimum absolute atomic E-state index is 0.210. The van der Waals surface area contributed by atoms with E-state index in [0.29, 0.717) is 15.8 Å². The molecule has 0 fully saturated rings. The zero-order chi connectivity index (χ0) is 14.0. The number of hydrogen-bond donors (Lipinski definition) is 1. The molecule has 1 aromatic heterocycles. The lowest BCUT2D eigenvalue weighted by Crippen LogP contribution is -2.08. The van der Waals surface area contributed by atoms with Gasteiger partial charge in [-0.3, -0.25) is 4.57 Å². The first kappa shape index (κ1) is 13.1. The number of aromatic nitrogens is 2. The molecule has 6 nitrogen and oxygen atoms in total. The second-order valence-corrected chi connectivity index (χ2v) is 4.47. The Balaban J connectivity index is 2.65. The molecule has 7 heteroatoms. The van der Waals surface area contributed by atoms with Crippen molar-refractivity contribution < 1.29 is 9.53 Å². The lowest BCUT2D eigenvalue weighted by Gasteiger charge is -2.11. The van der Waals surface area contributed by atoms with Gasteiger partial charge in [-0.2, -0.15) is 5.26 Å². The van der Waals surface area contributed by atoms with Gasteiger partial charge in [0.15, 0.2) is 0 Å². The first-order chi connectivity index (χ1) is 9.08. The van der Waals surface area contributed by atoms with Gasteiger partial charge < -0.3 is 10.5 Å². The van der Waals surface area contributed by atoms with Gasteiger partial charge in [-0.15, -0.1) is 0 Å². The van der Waals surface area contributed by atoms with Crippen molar-refractivity contribution in [2.45, 2.75) is 0 Å². The van der Waals surface area contributed by atoms with Crippen LogP contribution in [-0.2, 0) is 4.74 Å². The van der Waals surface area contributed by atoms with Crippen molar-refractivity contribution in [3.63, 3.8) is 0 Å². The Morgan fingerprint density at radius 1 is 1.58 bits per heavy atom. The van der Waals surface area contributed by atoms with Crippen LogP contribution in [0.2, 0.25) is 0 Å². The highest BCUT2D eigenvalue weighted by Gasteiger charge is 2.16. The van der Waals surface area contributed by atoms with Crippen LogP contribution in [0.5, 0.6) is 0 Å². The lowest BCUT2D eigenvalue weighted by molar-refractivity contribution is 0.0602. The Bertz CT molecular complexity index is 688. The van der Waals surface area contributed by atoms with Gasteiger partial charge in [-0.1, -0.05) is 0 Å². The van der Waals surface area contributed by atoms with Crippen molar-refractivity contribution in [1.82, 2.24) is 9.55 Å². The molecule has 0 radical (unpaired) electrons. The summed E-state index contributed by atoms with van der Waals surface area (Å²) in [4.78, 5) is 15.5. The van der Waals surface area contributed by atoms with Gasteiger partial charge >= 0.3 is 5.97 Å². The van der Waals surface area contributed by atoms with Gasteiger partial charge in [0.25, 0.3) is 0 Å². The van der Waals surface area contributed by atoms with E-state index in [1.807, 2.05) is 6.07 Å². The number of carbonyl (C=O) groups is 1. The zero-order valence-corrected chi connectivity index (χ0v) is 11.5. The molecule has 2 N–H and O–H groups in total. The minimum atomic E-state index is -0.537. The fourth-order valence-electron chi connectivity index (χ4n) is 1.63. The topological polar surface area (TPSA) is 93.9 Å². The van der Waals surface area contributed by atoms with E-state index in [1.165, 1.54) is 13.3 Å². The quantitative estimate of drug-likeness (QED) is 0.673. The number of nitrogens with two attached hydrogens (primary N) is 1. The van der Waals surface area contributed by atoms with E-state index in [-0.39, 0.29) is 11.4 Å². The number of esters is 1. The molecule has 2 rings (SSSR count). The van der Waals surface area contributed by atoms with Crippen LogP contribution in [0.1, 0.15) is 16.2 Å². The fourth-order valence-corrected chi connectivity index (χ4v) is 2.18. The number of benzene rings is 1. The summed E-state index contributed by atoms with van der Waals surface area (Å²) in [6.07, 6.45) is 3.12. The standard InChI is InChI=1S/C12H9BrN4O2/c1-19-12(18)7-4-10(8(13)5-9(7)15)17-3-2-16-11(17)6-14/h2-5H,15H2,1H3. The third-order valence-corrected chi connectivity index (χ3v) is 3.16. The molecule has 0 spiro atoms. The molecule has 2 aromatic rings. The molecule has 0 saturated heterocycles. The number of carbonyl (C=O) groups excluding carboxylic acids is 1. The van der Waals surface area contributed by atoms with Crippen LogP contribution in [0, 0.1) is 11.3 Å². The van der Waals surface area contributed by atoms with Crippen LogP contribution in [0.4, 0.5) is 5.69 Å². The molecule has 96 valence electrons. The van der Waals surface area contributed by atoms with Gasteiger partial charge in [0, 0.05) is 22.6 Å². The number of rotatable bonds is 2. The molecule has 19 heavy (non-hydrogen) atoms. The maximum absolute atomic E-state index is 11.6. The zero-order valence-electron chi connectivity index (χ0n) is 9.92. The summed E-state index contributed by atoms with van der Waals surface area (Å²) < 4.78 is 6.86. The number of imidazole rings is 1. The first-order valence-electron chi connectivity index (χ1n) is 5.19. The predicted octanol–water partition coefficient (Wildman–Crippen LogP) is 1.88. The second kappa shape index (κ2) is 5.12. The molecule has 0 bridgehead atoms. The maximum Gasteiger partial charge on any atom is 0.340 e. The number of anilines is 1.